The van der Waals surface area contributed by atoms with Crippen LogP contribution in [0.2, 0.25) is 0 Å². The van der Waals surface area contributed by atoms with Gasteiger partial charge in [-0.2, -0.15) is 11.8 Å². The SMILES string of the molecule is CN(C(=O)N1C[C@H](O)C[C@H]1C(=O)O)C1CCSC1. The molecule has 102 valence electrons. The molecule has 0 aromatic rings. The molecular formula is C11H18N2O4S. The molecule has 2 amide bonds. The zero-order valence-corrected chi connectivity index (χ0v) is 11.1. The van der Waals surface area contributed by atoms with E-state index in [1.54, 1.807) is 23.7 Å². The Bertz CT molecular complexity index is 346. The van der Waals surface area contributed by atoms with Gasteiger partial charge < -0.3 is 20.0 Å². The van der Waals surface area contributed by atoms with Crippen molar-refractivity contribution in [3.63, 3.8) is 0 Å². The molecule has 6 nitrogen and oxygen atoms in total. The van der Waals surface area contributed by atoms with Crippen molar-refractivity contribution < 1.29 is 19.8 Å². The minimum atomic E-state index is -1.05. The Morgan fingerprint density at radius 2 is 2.17 bits per heavy atom. The first-order chi connectivity index (χ1) is 8.50. The first-order valence-corrected chi connectivity index (χ1v) is 7.18. The highest BCUT2D eigenvalue weighted by Gasteiger charge is 2.41. The fourth-order valence-electron chi connectivity index (χ4n) is 2.45. The van der Waals surface area contributed by atoms with Crippen LogP contribution in [-0.2, 0) is 4.79 Å². The third-order valence-corrected chi connectivity index (χ3v) is 4.71. The van der Waals surface area contributed by atoms with E-state index in [1.807, 2.05) is 0 Å². The number of carboxylic acid groups (broad SMARTS) is 1. The summed E-state index contributed by atoms with van der Waals surface area (Å²) >= 11 is 1.80. The number of rotatable bonds is 2. The molecule has 2 aliphatic rings. The molecule has 0 radical (unpaired) electrons. The first-order valence-electron chi connectivity index (χ1n) is 6.02. The Labute approximate surface area is 110 Å². The summed E-state index contributed by atoms with van der Waals surface area (Å²) in [4.78, 5) is 26.2. The maximum absolute atomic E-state index is 12.3. The van der Waals surface area contributed by atoms with E-state index in [2.05, 4.69) is 0 Å². The maximum atomic E-state index is 12.3. The van der Waals surface area contributed by atoms with Crippen LogP contribution < -0.4 is 0 Å². The molecule has 0 aromatic carbocycles. The summed E-state index contributed by atoms with van der Waals surface area (Å²) in [6.45, 7) is 0.111. The summed E-state index contributed by atoms with van der Waals surface area (Å²) in [6.07, 6.45) is 0.330. The van der Waals surface area contributed by atoms with Gasteiger partial charge in [-0.15, -0.1) is 0 Å². The Balaban J connectivity index is 2.04. The molecule has 0 bridgehead atoms. The van der Waals surface area contributed by atoms with E-state index in [0.717, 1.165) is 17.9 Å². The average molecular weight is 274 g/mol. The number of carbonyl (C=O) groups is 2. The van der Waals surface area contributed by atoms with E-state index >= 15 is 0 Å². The fraction of sp³-hybridized carbons (Fsp3) is 0.818. The minimum Gasteiger partial charge on any atom is -0.480 e. The number of aliphatic hydroxyl groups excluding tert-OH is 1. The third-order valence-electron chi connectivity index (χ3n) is 3.56. The predicted molar refractivity (Wildman–Crippen MR) is 67.6 cm³/mol. The Morgan fingerprint density at radius 1 is 1.44 bits per heavy atom. The van der Waals surface area contributed by atoms with Crippen LogP contribution in [0.15, 0.2) is 0 Å². The van der Waals surface area contributed by atoms with E-state index in [1.165, 1.54) is 4.90 Å². The number of hydrogen-bond acceptors (Lipinski definition) is 4. The summed E-state index contributed by atoms with van der Waals surface area (Å²) in [5.41, 5.74) is 0. The summed E-state index contributed by atoms with van der Waals surface area (Å²) in [7, 11) is 1.71. The highest BCUT2D eigenvalue weighted by molar-refractivity contribution is 7.99. The van der Waals surface area contributed by atoms with Crippen molar-refractivity contribution in [2.24, 2.45) is 0 Å². The van der Waals surface area contributed by atoms with Crippen molar-refractivity contribution in [3.8, 4) is 0 Å². The third kappa shape index (κ3) is 2.56. The summed E-state index contributed by atoms with van der Waals surface area (Å²) < 4.78 is 0. The molecule has 2 heterocycles. The van der Waals surface area contributed by atoms with Crippen molar-refractivity contribution in [3.05, 3.63) is 0 Å². The van der Waals surface area contributed by atoms with Crippen LogP contribution in [0.5, 0.6) is 0 Å². The largest absolute Gasteiger partial charge is 0.480 e. The molecule has 7 heteroatoms. The molecule has 2 N–H and O–H groups in total. The molecule has 0 aromatic heterocycles. The molecule has 1 unspecified atom stereocenters. The number of hydrogen-bond donors (Lipinski definition) is 2. The smallest absolute Gasteiger partial charge is 0.326 e. The second-order valence-corrected chi connectivity index (χ2v) is 5.96. The first kappa shape index (κ1) is 13.5. The van der Waals surface area contributed by atoms with Crippen LogP contribution in [-0.4, -0.2) is 75.3 Å². The van der Waals surface area contributed by atoms with Gasteiger partial charge in [0.25, 0.3) is 0 Å². The van der Waals surface area contributed by atoms with Crippen molar-refractivity contribution in [2.75, 3.05) is 25.1 Å². The number of likely N-dealkylation sites (tertiary alicyclic amines) is 1. The molecular weight excluding hydrogens is 256 g/mol. The number of β-amino-alcohol motifs (C(OH)–C–C–N with tert-alkyl or cyclic N) is 1. The van der Waals surface area contributed by atoms with Gasteiger partial charge in [-0.1, -0.05) is 0 Å². The van der Waals surface area contributed by atoms with Gasteiger partial charge in [-0.25, -0.2) is 9.59 Å². The van der Waals surface area contributed by atoms with E-state index in [9.17, 15) is 14.7 Å². The van der Waals surface area contributed by atoms with Gasteiger partial charge in [-0.3, -0.25) is 0 Å². The molecule has 2 rings (SSSR count). The van der Waals surface area contributed by atoms with Gasteiger partial charge in [0.2, 0.25) is 0 Å². The molecule has 2 aliphatic heterocycles. The molecule has 0 aliphatic carbocycles. The molecule has 3 atom stereocenters. The predicted octanol–water partition coefficient (Wildman–Crippen LogP) is 0.0635. The van der Waals surface area contributed by atoms with Crippen molar-refractivity contribution in [1.82, 2.24) is 9.80 Å². The van der Waals surface area contributed by atoms with E-state index in [4.69, 9.17) is 5.11 Å². The molecule has 0 spiro atoms. The van der Waals surface area contributed by atoms with Crippen LogP contribution in [0.3, 0.4) is 0 Å². The Hall–Kier alpha value is -0.950. The number of aliphatic carboxylic acids is 1. The van der Waals surface area contributed by atoms with Gasteiger partial charge in [-0.05, 0) is 12.2 Å². The normalized spacial score (nSPS) is 31.7. The second-order valence-electron chi connectivity index (χ2n) is 4.81. The van der Waals surface area contributed by atoms with Crippen LogP contribution in [0.4, 0.5) is 4.79 Å². The lowest BCUT2D eigenvalue weighted by atomic mass is 10.2. The second kappa shape index (κ2) is 5.36. The Kier molecular flexibility index (Phi) is 4.01. The molecule has 2 saturated heterocycles. The summed E-state index contributed by atoms with van der Waals surface area (Å²) in [5, 5.41) is 18.6. The van der Waals surface area contributed by atoms with Crippen LogP contribution in [0.1, 0.15) is 12.8 Å². The lowest BCUT2D eigenvalue weighted by Gasteiger charge is -2.31. The summed E-state index contributed by atoms with van der Waals surface area (Å²) in [6, 6.07) is -1.01. The van der Waals surface area contributed by atoms with Gasteiger partial charge in [0.1, 0.15) is 6.04 Å². The lowest BCUT2D eigenvalue weighted by molar-refractivity contribution is -0.141. The van der Waals surface area contributed by atoms with Crippen molar-refractivity contribution in [1.29, 1.82) is 0 Å². The number of urea groups is 1. The maximum Gasteiger partial charge on any atom is 0.326 e. The van der Waals surface area contributed by atoms with Crippen molar-refractivity contribution in [2.45, 2.75) is 31.0 Å². The van der Waals surface area contributed by atoms with Gasteiger partial charge in [0, 0.05) is 31.8 Å². The number of carbonyl (C=O) groups excluding carboxylic acids is 1. The fourth-order valence-corrected chi connectivity index (χ4v) is 3.71. The van der Waals surface area contributed by atoms with E-state index in [0.29, 0.717) is 0 Å². The van der Waals surface area contributed by atoms with E-state index in [-0.39, 0.29) is 25.0 Å². The lowest BCUT2D eigenvalue weighted by Crippen LogP contribution is -2.50. The van der Waals surface area contributed by atoms with Gasteiger partial charge in [0.15, 0.2) is 0 Å². The molecule has 18 heavy (non-hydrogen) atoms. The van der Waals surface area contributed by atoms with Gasteiger partial charge >= 0.3 is 12.0 Å². The molecule has 0 saturated carbocycles. The standard InChI is InChI=1S/C11H18N2O4S/c1-12(7-2-3-18-6-7)11(17)13-5-8(14)4-9(13)10(15)16/h7-9,14H,2-6H2,1H3,(H,15,16)/t7?,8-,9+/m1/s1. The highest BCUT2D eigenvalue weighted by atomic mass is 32.2. The number of aliphatic hydroxyl groups is 1. The summed E-state index contributed by atoms with van der Waals surface area (Å²) in [5.74, 6) is 0.887. The number of thioether (sulfide) groups is 1. The number of amides is 2. The van der Waals surface area contributed by atoms with Crippen LogP contribution in [0.25, 0.3) is 0 Å². The topological polar surface area (TPSA) is 81.1 Å². The number of nitrogens with zero attached hydrogens (tertiary/aromatic N) is 2. The number of carboxylic acids is 1. The Morgan fingerprint density at radius 3 is 2.72 bits per heavy atom. The van der Waals surface area contributed by atoms with Crippen molar-refractivity contribution >= 4 is 23.8 Å². The zero-order valence-electron chi connectivity index (χ0n) is 10.3. The average Bonchev–Trinajstić information content (AvgIpc) is 2.95. The molecule has 2 fully saturated rings. The monoisotopic (exact) mass is 274 g/mol. The van der Waals surface area contributed by atoms with Crippen LogP contribution in [0, 0.1) is 0 Å². The zero-order chi connectivity index (χ0) is 13.3. The quantitative estimate of drug-likeness (QED) is 0.744. The highest BCUT2D eigenvalue weighted by Crippen LogP contribution is 2.25. The van der Waals surface area contributed by atoms with Crippen LogP contribution >= 0.6 is 11.8 Å². The minimum absolute atomic E-state index is 0.111. The van der Waals surface area contributed by atoms with E-state index < -0.39 is 18.1 Å². The van der Waals surface area contributed by atoms with Gasteiger partial charge in [0.05, 0.1) is 6.10 Å².